The highest BCUT2D eigenvalue weighted by atomic mass is 17.1. The first-order valence-corrected chi connectivity index (χ1v) is 2.37. The normalized spacial score (nSPS) is 6.89. The molecular weight excluding hydrogens is 122 g/mol. The van der Waals surface area contributed by atoms with Gasteiger partial charge in [-0.1, -0.05) is 6.58 Å². The first kappa shape index (κ1) is 11.0. The molecule has 54 valence electrons. The highest BCUT2D eigenvalue weighted by molar-refractivity contribution is 5.84. The molecule has 0 fully saturated rings. The Morgan fingerprint density at radius 3 is 2.22 bits per heavy atom. The summed E-state index contributed by atoms with van der Waals surface area (Å²) in [5.41, 5.74) is 4.53. The first-order chi connectivity index (χ1) is 4.18. The Bertz CT molecular complexity index is 80.3. The average Bonchev–Trinajstić information content (AvgIpc) is 1.89. The van der Waals surface area contributed by atoms with E-state index in [9.17, 15) is 4.79 Å². The molecule has 0 aromatic carbocycles. The molecule has 4 nitrogen and oxygen atoms in total. The summed E-state index contributed by atoms with van der Waals surface area (Å²) in [4.78, 5) is 13.0. The number of nitrogens with two attached hydrogens (primary N) is 1. The van der Waals surface area contributed by atoms with Gasteiger partial charge in [0.15, 0.2) is 0 Å². The van der Waals surface area contributed by atoms with Crippen LogP contribution in [0.25, 0.3) is 0 Å². The standard InChI is InChI=1S/C3H5NO.C2H6O2/c1-2-3(4)5;1-2-4-3/h2H,1H2,(H2,4,5);3H,2H2,1H3. The summed E-state index contributed by atoms with van der Waals surface area (Å²) in [6.07, 6.45) is 1.06. The quantitative estimate of drug-likeness (QED) is 0.320. The van der Waals surface area contributed by atoms with Crippen LogP contribution in [0.2, 0.25) is 0 Å². The van der Waals surface area contributed by atoms with Gasteiger partial charge in [0.25, 0.3) is 0 Å². The molecule has 9 heavy (non-hydrogen) atoms. The van der Waals surface area contributed by atoms with Gasteiger partial charge in [0.2, 0.25) is 5.91 Å². The van der Waals surface area contributed by atoms with E-state index in [1.54, 1.807) is 6.92 Å². The minimum atomic E-state index is -0.481. The molecule has 0 bridgehead atoms. The molecule has 0 aliphatic rings. The lowest BCUT2D eigenvalue weighted by Gasteiger charge is -1.73. The fourth-order valence-electron chi connectivity index (χ4n) is 0. The van der Waals surface area contributed by atoms with Gasteiger partial charge < -0.3 is 5.73 Å². The number of amides is 1. The number of hydrogen-bond donors (Lipinski definition) is 2. The lowest BCUT2D eigenvalue weighted by molar-refractivity contribution is -0.237. The molecule has 0 saturated carbocycles. The minimum Gasteiger partial charge on any atom is -0.366 e. The van der Waals surface area contributed by atoms with Crippen molar-refractivity contribution >= 4 is 5.91 Å². The van der Waals surface area contributed by atoms with Gasteiger partial charge in [0, 0.05) is 0 Å². The number of carbonyl (C=O) groups excluding carboxylic acids is 1. The minimum absolute atomic E-state index is 0.375. The molecule has 0 aliphatic carbocycles. The van der Waals surface area contributed by atoms with Crippen LogP contribution in [-0.4, -0.2) is 17.8 Å². The summed E-state index contributed by atoms with van der Waals surface area (Å²) in [6.45, 7) is 5.17. The summed E-state index contributed by atoms with van der Waals surface area (Å²) < 4.78 is 0. The number of primary amides is 1. The Kier molecular flexibility index (Phi) is 12.4. The second-order valence-electron chi connectivity index (χ2n) is 1.02. The third kappa shape index (κ3) is 41.4. The van der Waals surface area contributed by atoms with Crippen molar-refractivity contribution in [2.45, 2.75) is 6.92 Å². The molecule has 0 aromatic heterocycles. The van der Waals surface area contributed by atoms with Gasteiger partial charge in [-0.15, -0.1) is 0 Å². The van der Waals surface area contributed by atoms with E-state index in [1.165, 1.54) is 0 Å². The smallest absolute Gasteiger partial charge is 0.240 e. The van der Waals surface area contributed by atoms with Crippen LogP contribution in [0, 0.1) is 0 Å². The van der Waals surface area contributed by atoms with Crippen molar-refractivity contribution < 1.29 is 14.9 Å². The fraction of sp³-hybridized carbons (Fsp3) is 0.400. The van der Waals surface area contributed by atoms with Crippen molar-refractivity contribution in [1.29, 1.82) is 0 Å². The molecule has 0 atom stereocenters. The average molecular weight is 133 g/mol. The monoisotopic (exact) mass is 133 g/mol. The second kappa shape index (κ2) is 10.2. The van der Waals surface area contributed by atoms with E-state index in [1.807, 2.05) is 0 Å². The van der Waals surface area contributed by atoms with Gasteiger partial charge in [-0.2, -0.15) is 0 Å². The van der Waals surface area contributed by atoms with Gasteiger partial charge in [0.1, 0.15) is 0 Å². The van der Waals surface area contributed by atoms with Crippen molar-refractivity contribution in [3.8, 4) is 0 Å². The zero-order chi connectivity index (χ0) is 7.70. The van der Waals surface area contributed by atoms with E-state index < -0.39 is 5.91 Å². The predicted molar refractivity (Wildman–Crippen MR) is 33.6 cm³/mol. The van der Waals surface area contributed by atoms with Gasteiger partial charge in [0.05, 0.1) is 6.61 Å². The second-order valence-corrected chi connectivity index (χ2v) is 1.02. The summed E-state index contributed by atoms with van der Waals surface area (Å²) in [7, 11) is 0. The van der Waals surface area contributed by atoms with Gasteiger partial charge in [-0.25, -0.2) is 4.89 Å². The van der Waals surface area contributed by atoms with E-state index in [4.69, 9.17) is 5.26 Å². The maximum Gasteiger partial charge on any atom is 0.240 e. The van der Waals surface area contributed by atoms with Crippen LogP contribution >= 0.6 is 0 Å². The lowest BCUT2D eigenvalue weighted by atomic mass is 10.6. The zero-order valence-corrected chi connectivity index (χ0v) is 5.33. The summed E-state index contributed by atoms with van der Waals surface area (Å²) >= 11 is 0. The fourth-order valence-corrected chi connectivity index (χ4v) is 0. The van der Waals surface area contributed by atoms with Crippen molar-refractivity contribution in [2.24, 2.45) is 5.73 Å². The van der Waals surface area contributed by atoms with Crippen molar-refractivity contribution in [2.75, 3.05) is 6.61 Å². The molecule has 0 saturated heterocycles. The summed E-state index contributed by atoms with van der Waals surface area (Å²) in [5, 5.41) is 7.38. The molecule has 0 heterocycles. The Morgan fingerprint density at radius 1 is 2.00 bits per heavy atom. The summed E-state index contributed by atoms with van der Waals surface area (Å²) in [6, 6.07) is 0. The Labute approximate surface area is 53.9 Å². The van der Waals surface area contributed by atoms with E-state index in [0.29, 0.717) is 6.61 Å². The van der Waals surface area contributed by atoms with Crippen LogP contribution in [0.15, 0.2) is 12.7 Å². The number of rotatable bonds is 2. The molecule has 1 amide bonds. The Morgan fingerprint density at radius 2 is 2.22 bits per heavy atom. The van der Waals surface area contributed by atoms with E-state index in [-0.39, 0.29) is 0 Å². The van der Waals surface area contributed by atoms with E-state index in [0.717, 1.165) is 6.08 Å². The highest BCUT2D eigenvalue weighted by Gasteiger charge is 1.69. The first-order valence-electron chi connectivity index (χ1n) is 2.37. The van der Waals surface area contributed by atoms with Gasteiger partial charge >= 0.3 is 0 Å². The SMILES string of the molecule is C=CC(N)=O.CCOO. The third-order valence-corrected chi connectivity index (χ3v) is 0.330. The van der Waals surface area contributed by atoms with Crippen LogP contribution < -0.4 is 5.73 Å². The largest absolute Gasteiger partial charge is 0.366 e. The van der Waals surface area contributed by atoms with Crippen LogP contribution in [0.3, 0.4) is 0 Å². The maximum atomic E-state index is 9.47. The van der Waals surface area contributed by atoms with Crippen molar-refractivity contribution in [3.05, 3.63) is 12.7 Å². The van der Waals surface area contributed by atoms with Gasteiger partial charge in [-0.05, 0) is 13.0 Å². The topological polar surface area (TPSA) is 72.6 Å². The van der Waals surface area contributed by atoms with E-state index in [2.05, 4.69) is 17.2 Å². The highest BCUT2D eigenvalue weighted by Crippen LogP contribution is 1.51. The molecule has 0 aromatic rings. The molecule has 4 heteroatoms. The van der Waals surface area contributed by atoms with Crippen molar-refractivity contribution in [1.82, 2.24) is 0 Å². The number of hydrogen-bond acceptors (Lipinski definition) is 3. The zero-order valence-electron chi connectivity index (χ0n) is 5.33. The predicted octanol–water partition coefficient (Wildman–Crippen LogP) is 0.154. The molecule has 3 N–H and O–H groups in total. The molecule has 0 rings (SSSR count). The van der Waals surface area contributed by atoms with Gasteiger partial charge in [-0.3, -0.25) is 10.1 Å². The Balaban J connectivity index is 0. The molecule has 0 spiro atoms. The van der Waals surface area contributed by atoms with Crippen LogP contribution in [0.4, 0.5) is 0 Å². The van der Waals surface area contributed by atoms with Crippen LogP contribution in [-0.2, 0) is 9.68 Å². The van der Waals surface area contributed by atoms with Crippen LogP contribution in [0.5, 0.6) is 0 Å². The van der Waals surface area contributed by atoms with Crippen molar-refractivity contribution in [3.63, 3.8) is 0 Å². The number of carbonyl (C=O) groups is 1. The lowest BCUT2D eigenvalue weighted by Crippen LogP contribution is -2.04. The third-order valence-electron chi connectivity index (χ3n) is 0.330. The van der Waals surface area contributed by atoms with Crippen LogP contribution in [0.1, 0.15) is 6.92 Å². The Hall–Kier alpha value is -0.870. The molecular formula is C5H11NO3. The maximum absolute atomic E-state index is 9.47. The van der Waals surface area contributed by atoms with E-state index >= 15 is 0 Å². The summed E-state index contributed by atoms with van der Waals surface area (Å²) in [5.74, 6) is -0.481. The molecule has 0 radical (unpaired) electrons. The molecule has 0 aliphatic heterocycles. The molecule has 0 unspecified atom stereocenters.